The zero-order chi connectivity index (χ0) is 14.5. The van der Waals surface area contributed by atoms with Crippen molar-refractivity contribution in [1.82, 2.24) is 24.9 Å². The van der Waals surface area contributed by atoms with Gasteiger partial charge < -0.3 is 20.0 Å². The van der Waals surface area contributed by atoms with Crippen molar-refractivity contribution in [3.05, 3.63) is 0 Å². The van der Waals surface area contributed by atoms with Crippen LogP contribution in [0.15, 0.2) is 0 Å². The second kappa shape index (κ2) is 7.36. The van der Waals surface area contributed by atoms with Gasteiger partial charge in [-0.05, 0) is 21.1 Å². The highest BCUT2D eigenvalue weighted by Crippen LogP contribution is 2.04. The van der Waals surface area contributed by atoms with Gasteiger partial charge in [-0.3, -0.25) is 9.69 Å². The Morgan fingerprint density at radius 3 is 2.35 bits per heavy atom. The molecular formula is C14H29N5O. The van der Waals surface area contributed by atoms with Gasteiger partial charge in [-0.1, -0.05) is 0 Å². The first-order valence-corrected chi connectivity index (χ1v) is 7.62. The second-order valence-electron chi connectivity index (χ2n) is 6.21. The summed E-state index contributed by atoms with van der Waals surface area (Å²) in [6.45, 7) is 8.38. The first-order chi connectivity index (χ1) is 9.56. The molecule has 0 aromatic carbocycles. The van der Waals surface area contributed by atoms with E-state index in [1.165, 1.54) is 0 Å². The van der Waals surface area contributed by atoms with E-state index < -0.39 is 0 Å². The molecule has 2 heterocycles. The molecule has 0 aromatic heterocycles. The van der Waals surface area contributed by atoms with E-state index >= 15 is 0 Å². The minimum atomic E-state index is 0.241. The van der Waals surface area contributed by atoms with Crippen molar-refractivity contribution in [3.63, 3.8) is 0 Å². The Balaban J connectivity index is 1.66. The Labute approximate surface area is 122 Å². The third-order valence-electron chi connectivity index (χ3n) is 4.49. The van der Waals surface area contributed by atoms with Gasteiger partial charge in [0.25, 0.3) is 0 Å². The second-order valence-corrected chi connectivity index (χ2v) is 6.21. The van der Waals surface area contributed by atoms with E-state index in [0.29, 0.717) is 12.6 Å². The molecule has 0 spiro atoms. The minimum Gasteiger partial charge on any atom is -0.339 e. The molecule has 116 valence electrons. The number of amides is 1. The number of nitrogens with one attached hydrogen (secondary N) is 1. The summed E-state index contributed by atoms with van der Waals surface area (Å²) in [6, 6.07) is 0.508. The molecule has 2 rings (SSSR count). The van der Waals surface area contributed by atoms with Gasteiger partial charge in [0.2, 0.25) is 5.91 Å². The van der Waals surface area contributed by atoms with Crippen molar-refractivity contribution in [2.45, 2.75) is 6.04 Å². The Bertz CT molecular complexity index is 317. The molecule has 0 saturated carbocycles. The van der Waals surface area contributed by atoms with Crippen LogP contribution in [0.2, 0.25) is 0 Å². The fourth-order valence-corrected chi connectivity index (χ4v) is 2.84. The normalized spacial score (nSPS) is 26.9. The van der Waals surface area contributed by atoms with Gasteiger partial charge in [0, 0.05) is 58.4 Å². The summed E-state index contributed by atoms with van der Waals surface area (Å²) in [4.78, 5) is 21.1. The molecule has 20 heavy (non-hydrogen) atoms. The first kappa shape index (κ1) is 15.7. The van der Waals surface area contributed by atoms with Crippen LogP contribution in [0.1, 0.15) is 0 Å². The zero-order valence-corrected chi connectivity index (χ0v) is 13.1. The molecule has 0 aliphatic carbocycles. The Kier molecular flexibility index (Phi) is 5.77. The van der Waals surface area contributed by atoms with Gasteiger partial charge in [-0.25, -0.2) is 0 Å². The topological polar surface area (TPSA) is 42.1 Å². The van der Waals surface area contributed by atoms with Gasteiger partial charge in [0.1, 0.15) is 0 Å². The minimum absolute atomic E-state index is 0.241. The number of nitrogens with zero attached hydrogens (tertiary/aromatic N) is 4. The van der Waals surface area contributed by atoms with Gasteiger partial charge in [-0.2, -0.15) is 0 Å². The monoisotopic (exact) mass is 283 g/mol. The van der Waals surface area contributed by atoms with Gasteiger partial charge >= 0.3 is 0 Å². The molecule has 0 bridgehead atoms. The molecule has 1 atom stereocenters. The van der Waals surface area contributed by atoms with Crippen molar-refractivity contribution in [2.24, 2.45) is 0 Å². The summed E-state index contributed by atoms with van der Waals surface area (Å²) in [5, 5.41) is 3.34. The summed E-state index contributed by atoms with van der Waals surface area (Å²) in [7, 11) is 6.44. The van der Waals surface area contributed by atoms with E-state index in [-0.39, 0.29) is 5.91 Å². The summed E-state index contributed by atoms with van der Waals surface area (Å²) >= 11 is 0. The Morgan fingerprint density at radius 1 is 1.00 bits per heavy atom. The Morgan fingerprint density at radius 2 is 1.65 bits per heavy atom. The van der Waals surface area contributed by atoms with Crippen LogP contribution < -0.4 is 5.32 Å². The predicted molar refractivity (Wildman–Crippen MR) is 80.9 cm³/mol. The van der Waals surface area contributed by atoms with Crippen LogP contribution in [0.5, 0.6) is 0 Å². The van der Waals surface area contributed by atoms with Crippen LogP contribution in [0.3, 0.4) is 0 Å². The van der Waals surface area contributed by atoms with Gasteiger partial charge in [0.15, 0.2) is 0 Å². The number of piperazine rings is 2. The lowest BCUT2D eigenvalue weighted by atomic mass is 10.2. The SMILES string of the molecule is CN1CCN(C(=O)CNCC2CN(C)CCN2C)CC1. The highest BCUT2D eigenvalue weighted by molar-refractivity contribution is 5.78. The molecule has 6 nitrogen and oxygen atoms in total. The van der Waals surface area contributed by atoms with Crippen LogP contribution in [0.25, 0.3) is 0 Å². The molecule has 1 N–H and O–H groups in total. The van der Waals surface area contributed by atoms with Crippen LogP contribution in [0, 0.1) is 0 Å². The molecule has 2 fully saturated rings. The maximum absolute atomic E-state index is 12.1. The first-order valence-electron chi connectivity index (χ1n) is 7.62. The van der Waals surface area contributed by atoms with E-state index in [1.54, 1.807) is 0 Å². The highest BCUT2D eigenvalue weighted by atomic mass is 16.2. The number of hydrogen-bond acceptors (Lipinski definition) is 5. The summed E-state index contributed by atoms with van der Waals surface area (Å²) in [5.74, 6) is 0.241. The quantitative estimate of drug-likeness (QED) is 0.687. The van der Waals surface area contributed by atoms with Crippen molar-refractivity contribution in [1.29, 1.82) is 0 Å². The highest BCUT2D eigenvalue weighted by Gasteiger charge is 2.23. The van der Waals surface area contributed by atoms with Crippen LogP contribution in [0.4, 0.5) is 0 Å². The van der Waals surface area contributed by atoms with Crippen molar-refractivity contribution >= 4 is 5.91 Å². The average molecular weight is 283 g/mol. The molecule has 2 aliphatic rings. The van der Waals surface area contributed by atoms with Crippen LogP contribution >= 0.6 is 0 Å². The maximum Gasteiger partial charge on any atom is 0.236 e. The molecule has 2 aliphatic heterocycles. The molecule has 1 unspecified atom stereocenters. The number of likely N-dealkylation sites (N-methyl/N-ethyl adjacent to an activating group) is 3. The zero-order valence-electron chi connectivity index (χ0n) is 13.1. The molecule has 6 heteroatoms. The molecule has 0 aromatic rings. The summed E-state index contributed by atoms with van der Waals surface area (Å²) in [6.07, 6.45) is 0. The third kappa shape index (κ3) is 4.41. The van der Waals surface area contributed by atoms with Crippen molar-refractivity contribution in [3.8, 4) is 0 Å². The van der Waals surface area contributed by atoms with Gasteiger partial charge in [-0.15, -0.1) is 0 Å². The largest absolute Gasteiger partial charge is 0.339 e. The van der Waals surface area contributed by atoms with Crippen LogP contribution in [-0.2, 0) is 4.79 Å². The molecular weight excluding hydrogens is 254 g/mol. The lowest BCUT2D eigenvalue weighted by Crippen LogP contribution is -2.55. The number of rotatable bonds is 4. The lowest BCUT2D eigenvalue weighted by molar-refractivity contribution is -0.131. The lowest BCUT2D eigenvalue weighted by Gasteiger charge is -2.38. The van der Waals surface area contributed by atoms with E-state index in [1.807, 2.05) is 4.90 Å². The van der Waals surface area contributed by atoms with Crippen molar-refractivity contribution < 1.29 is 4.79 Å². The van der Waals surface area contributed by atoms with Gasteiger partial charge in [0.05, 0.1) is 6.54 Å². The fourth-order valence-electron chi connectivity index (χ4n) is 2.84. The fraction of sp³-hybridized carbons (Fsp3) is 0.929. The van der Waals surface area contributed by atoms with E-state index in [2.05, 4.69) is 41.2 Å². The third-order valence-corrected chi connectivity index (χ3v) is 4.49. The van der Waals surface area contributed by atoms with E-state index in [0.717, 1.165) is 52.4 Å². The van der Waals surface area contributed by atoms with E-state index in [4.69, 9.17) is 0 Å². The molecule has 2 saturated heterocycles. The maximum atomic E-state index is 12.1. The summed E-state index contributed by atoms with van der Waals surface area (Å²) < 4.78 is 0. The molecule has 0 radical (unpaired) electrons. The number of carbonyl (C=O) groups is 1. The summed E-state index contributed by atoms with van der Waals surface area (Å²) in [5.41, 5.74) is 0. The number of carbonyl (C=O) groups excluding carboxylic acids is 1. The van der Waals surface area contributed by atoms with Crippen molar-refractivity contribution in [2.75, 3.05) is 80.0 Å². The standard InChI is InChI=1S/C14H29N5O/c1-16-5-8-19(9-6-16)14(20)11-15-10-13-12-17(2)4-7-18(13)3/h13,15H,4-12H2,1-3H3. The molecule has 1 amide bonds. The van der Waals surface area contributed by atoms with Crippen LogP contribution in [-0.4, -0.2) is 112 Å². The Hall–Kier alpha value is -0.690. The average Bonchev–Trinajstić information content (AvgIpc) is 2.43. The number of hydrogen-bond donors (Lipinski definition) is 1. The predicted octanol–water partition coefficient (Wildman–Crippen LogP) is -1.40. The smallest absolute Gasteiger partial charge is 0.236 e. The van der Waals surface area contributed by atoms with E-state index in [9.17, 15) is 4.79 Å².